The van der Waals surface area contributed by atoms with Crippen LogP contribution in [-0.2, 0) is 16.1 Å². The second-order valence-corrected chi connectivity index (χ2v) is 6.18. The van der Waals surface area contributed by atoms with Crippen LogP contribution >= 0.6 is 0 Å². The van der Waals surface area contributed by atoms with Crippen molar-refractivity contribution in [1.82, 2.24) is 19.7 Å². The van der Waals surface area contributed by atoms with Gasteiger partial charge in [-0.15, -0.1) is 0 Å². The summed E-state index contributed by atoms with van der Waals surface area (Å²) in [6, 6.07) is 4.66. The molecule has 1 saturated heterocycles. The Bertz CT molecular complexity index is 673. The standard InChI is InChI=1S/C17H23N5O2/c1-13(23)20-15-8-19-22(10-15)16-6-17(12-24-2)21(11-16)9-14-4-3-5-18-7-14/h3-5,7-8,10,16-17H,6,9,11-12H2,1-2H3,(H,20,23)/t16-,17-/m0/s1. The molecule has 0 spiro atoms. The number of nitrogens with zero attached hydrogens (tertiary/aromatic N) is 4. The quantitative estimate of drug-likeness (QED) is 0.873. The zero-order valence-corrected chi connectivity index (χ0v) is 14.1. The van der Waals surface area contributed by atoms with E-state index in [1.165, 1.54) is 12.5 Å². The number of rotatable bonds is 6. The first kappa shape index (κ1) is 16.6. The largest absolute Gasteiger partial charge is 0.383 e. The van der Waals surface area contributed by atoms with Crippen molar-refractivity contribution in [2.45, 2.75) is 32.0 Å². The molecule has 0 unspecified atom stereocenters. The third-order valence-electron chi connectivity index (χ3n) is 4.27. The molecule has 0 saturated carbocycles. The van der Waals surface area contributed by atoms with Crippen LogP contribution in [0.2, 0.25) is 0 Å². The van der Waals surface area contributed by atoms with Crippen molar-refractivity contribution in [3.8, 4) is 0 Å². The van der Waals surface area contributed by atoms with Crippen molar-refractivity contribution < 1.29 is 9.53 Å². The molecule has 2 aromatic rings. The molecule has 24 heavy (non-hydrogen) atoms. The predicted molar refractivity (Wildman–Crippen MR) is 90.5 cm³/mol. The summed E-state index contributed by atoms with van der Waals surface area (Å²) in [5.74, 6) is -0.0866. The van der Waals surface area contributed by atoms with Crippen LogP contribution < -0.4 is 5.32 Å². The van der Waals surface area contributed by atoms with E-state index in [1.807, 2.05) is 23.1 Å². The molecule has 0 aliphatic carbocycles. The number of hydrogen-bond acceptors (Lipinski definition) is 5. The fourth-order valence-corrected chi connectivity index (χ4v) is 3.24. The van der Waals surface area contributed by atoms with Gasteiger partial charge in [-0.25, -0.2) is 0 Å². The van der Waals surface area contributed by atoms with Crippen molar-refractivity contribution >= 4 is 11.6 Å². The number of ether oxygens (including phenoxy) is 1. The van der Waals surface area contributed by atoms with Crippen LogP contribution in [0.5, 0.6) is 0 Å². The monoisotopic (exact) mass is 329 g/mol. The first-order valence-corrected chi connectivity index (χ1v) is 8.09. The highest BCUT2D eigenvalue weighted by Gasteiger charge is 2.33. The summed E-state index contributed by atoms with van der Waals surface area (Å²) in [5, 5.41) is 7.18. The van der Waals surface area contributed by atoms with Gasteiger partial charge in [-0.05, 0) is 18.1 Å². The molecule has 0 aromatic carbocycles. The average Bonchev–Trinajstić information content (AvgIpc) is 3.16. The second kappa shape index (κ2) is 7.55. The highest BCUT2D eigenvalue weighted by Crippen LogP contribution is 2.29. The van der Waals surface area contributed by atoms with Crippen molar-refractivity contribution in [3.63, 3.8) is 0 Å². The SMILES string of the molecule is COC[C@@H]1C[C@H](n2cc(NC(C)=O)cn2)CN1Cc1cccnc1. The van der Waals surface area contributed by atoms with Crippen LogP contribution in [0.3, 0.4) is 0 Å². The summed E-state index contributed by atoms with van der Waals surface area (Å²) in [7, 11) is 1.73. The molecular weight excluding hydrogens is 306 g/mol. The molecule has 0 radical (unpaired) electrons. The summed E-state index contributed by atoms with van der Waals surface area (Å²) in [6.07, 6.45) is 8.24. The van der Waals surface area contributed by atoms with Gasteiger partial charge in [0.05, 0.1) is 24.5 Å². The lowest BCUT2D eigenvalue weighted by Crippen LogP contribution is -2.32. The molecular formula is C17H23N5O2. The van der Waals surface area contributed by atoms with Crippen LogP contribution in [0.4, 0.5) is 5.69 Å². The predicted octanol–water partition coefficient (Wildman–Crippen LogP) is 1.70. The molecule has 3 rings (SSSR count). The minimum atomic E-state index is -0.0866. The fourth-order valence-electron chi connectivity index (χ4n) is 3.24. The Morgan fingerprint density at radius 1 is 1.46 bits per heavy atom. The third kappa shape index (κ3) is 3.98. The summed E-state index contributed by atoms with van der Waals surface area (Å²) >= 11 is 0. The van der Waals surface area contributed by atoms with Gasteiger partial charge < -0.3 is 10.1 Å². The molecule has 1 N–H and O–H groups in total. The highest BCUT2D eigenvalue weighted by molar-refractivity contribution is 5.88. The number of amides is 1. The van der Waals surface area contributed by atoms with Crippen molar-refractivity contribution in [2.75, 3.05) is 25.6 Å². The minimum absolute atomic E-state index is 0.0866. The van der Waals surface area contributed by atoms with Crippen LogP contribution in [0.1, 0.15) is 24.9 Å². The van der Waals surface area contributed by atoms with E-state index < -0.39 is 0 Å². The number of carbonyl (C=O) groups is 1. The van der Waals surface area contributed by atoms with Crippen molar-refractivity contribution in [3.05, 3.63) is 42.5 Å². The molecule has 128 valence electrons. The maximum Gasteiger partial charge on any atom is 0.221 e. The van der Waals surface area contributed by atoms with Crippen LogP contribution in [-0.4, -0.2) is 51.9 Å². The molecule has 7 nitrogen and oxygen atoms in total. The van der Waals surface area contributed by atoms with E-state index in [1.54, 1.807) is 19.5 Å². The Morgan fingerprint density at radius 3 is 3.04 bits per heavy atom. The van der Waals surface area contributed by atoms with Crippen LogP contribution in [0.25, 0.3) is 0 Å². The summed E-state index contributed by atoms with van der Waals surface area (Å²) in [6.45, 7) is 3.93. The van der Waals surface area contributed by atoms with Crippen molar-refractivity contribution in [1.29, 1.82) is 0 Å². The molecule has 3 heterocycles. The zero-order valence-electron chi connectivity index (χ0n) is 14.1. The maximum absolute atomic E-state index is 11.2. The van der Waals surface area contributed by atoms with Gasteiger partial charge in [0.25, 0.3) is 0 Å². The van der Waals surface area contributed by atoms with Gasteiger partial charge in [-0.3, -0.25) is 19.4 Å². The van der Waals surface area contributed by atoms with Gasteiger partial charge >= 0.3 is 0 Å². The van der Waals surface area contributed by atoms with Crippen LogP contribution in [0.15, 0.2) is 36.9 Å². The lowest BCUT2D eigenvalue weighted by atomic mass is 10.2. The highest BCUT2D eigenvalue weighted by atomic mass is 16.5. The van der Waals surface area contributed by atoms with Gasteiger partial charge in [0.15, 0.2) is 0 Å². The number of methoxy groups -OCH3 is 1. The average molecular weight is 329 g/mol. The van der Waals surface area contributed by atoms with E-state index in [4.69, 9.17) is 4.74 Å². The molecule has 1 amide bonds. The van der Waals surface area contributed by atoms with E-state index in [0.29, 0.717) is 12.6 Å². The first-order valence-electron chi connectivity index (χ1n) is 8.09. The smallest absolute Gasteiger partial charge is 0.221 e. The Kier molecular flexibility index (Phi) is 5.22. The number of carbonyl (C=O) groups excluding carboxylic acids is 1. The number of pyridine rings is 1. The molecule has 1 fully saturated rings. The Balaban J connectivity index is 1.70. The zero-order chi connectivity index (χ0) is 16.9. The first-order chi connectivity index (χ1) is 11.7. The normalized spacial score (nSPS) is 21.1. The van der Waals surface area contributed by atoms with Gasteiger partial charge in [0.1, 0.15) is 0 Å². The van der Waals surface area contributed by atoms with E-state index in [2.05, 4.69) is 26.4 Å². The molecule has 2 atom stereocenters. The van der Waals surface area contributed by atoms with Crippen molar-refractivity contribution in [2.24, 2.45) is 0 Å². The Hall–Kier alpha value is -2.25. The summed E-state index contributed by atoms with van der Waals surface area (Å²) in [4.78, 5) is 17.8. The summed E-state index contributed by atoms with van der Waals surface area (Å²) in [5.41, 5.74) is 1.93. The molecule has 1 aliphatic heterocycles. The van der Waals surface area contributed by atoms with E-state index >= 15 is 0 Å². The van der Waals surface area contributed by atoms with Gasteiger partial charge in [0.2, 0.25) is 5.91 Å². The van der Waals surface area contributed by atoms with Gasteiger partial charge in [-0.2, -0.15) is 5.10 Å². The Morgan fingerprint density at radius 2 is 2.33 bits per heavy atom. The van der Waals surface area contributed by atoms with Gasteiger partial charge in [0, 0.05) is 51.8 Å². The molecule has 7 heteroatoms. The lowest BCUT2D eigenvalue weighted by molar-refractivity contribution is -0.114. The van der Waals surface area contributed by atoms with Crippen LogP contribution in [0, 0.1) is 0 Å². The van der Waals surface area contributed by atoms with Gasteiger partial charge in [-0.1, -0.05) is 6.07 Å². The molecule has 0 bridgehead atoms. The minimum Gasteiger partial charge on any atom is -0.383 e. The molecule has 2 aromatic heterocycles. The number of anilines is 1. The lowest BCUT2D eigenvalue weighted by Gasteiger charge is -2.23. The number of nitrogens with one attached hydrogen (secondary N) is 1. The number of likely N-dealkylation sites (tertiary alicyclic amines) is 1. The van der Waals surface area contributed by atoms with E-state index in [0.717, 1.165) is 25.2 Å². The van der Waals surface area contributed by atoms with E-state index in [9.17, 15) is 4.79 Å². The number of hydrogen-bond donors (Lipinski definition) is 1. The Labute approximate surface area is 141 Å². The maximum atomic E-state index is 11.2. The third-order valence-corrected chi connectivity index (χ3v) is 4.27. The fraction of sp³-hybridized carbons (Fsp3) is 0.471. The van der Waals surface area contributed by atoms with E-state index in [-0.39, 0.29) is 11.9 Å². The molecule has 1 aliphatic rings. The number of aromatic nitrogens is 3. The second-order valence-electron chi connectivity index (χ2n) is 6.18. The summed E-state index contributed by atoms with van der Waals surface area (Å²) < 4.78 is 7.33. The topological polar surface area (TPSA) is 72.3 Å².